The molecular weight excluding hydrogens is 1810 g/mol. The third-order valence-corrected chi connectivity index (χ3v) is 24.0. The topological polar surface area (TPSA) is 773 Å². The van der Waals surface area contributed by atoms with Crippen molar-refractivity contribution in [3.05, 3.63) is 18.2 Å². The molecule has 50 heteroatoms. The summed E-state index contributed by atoms with van der Waals surface area (Å²) in [6, 6.07) is -27.2. The minimum absolute atomic E-state index is 0.0126. The predicted molar refractivity (Wildman–Crippen MR) is 487 cm³/mol. The molecule has 0 aromatic carbocycles. The fourth-order valence-electron chi connectivity index (χ4n) is 16.6. The van der Waals surface area contributed by atoms with Gasteiger partial charge in [0.15, 0.2) is 0 Å². The SMILES string of the molecule is CC(C)C[C@H](NC(=O)[C@H](CC(C)C)NC(=O)[C@@H](NC(=O)[C@@H]1CCCN1C(=O)[C@H](Cc1cnc[nH]1)NC(=O)[C@H](CCC(=O)O)NC(=O)[C@H](CCC(=O)O)NC(=O)[C@@H]1CCCN1C(=O)[C@H](C)NC(=O)[C@@H](N)C(C)C)[C@@H](C)O)C(=O)N[C@H](C(=O)N[C@@H](CCC(=O)O)C(=O)N[C@@H](C)C(=O)N1CCC[C@H]1C(=O)N[C@@H](CC(C)C)C(=O)N[C@@H](CC(N)=O)C(=O)N1CCC[C@H]1C(=O)N[C@@H](CCCCN)C(=O)O)[C@@H](C)O. The van der Waals surface area contributed by atoms with E-state index in [0.717, 1.165) is 28.5 Å². The number of nitrogens with one attached hydrogen (secondary N) is 14. The molecule has 772 valence electrons. The lowest BCUT2D eigenvalue weighted by Gasteiger charge is -2.32. The minimum Gasteiger partial charge on any atom is -0.481 e. The van der Waals surface area contributed by atoms with Crippen molar-refractivity contribution in [3.63, 3.8) is 0 Å². The lowest BCUT2D eigenvalue weighted by Crippen LogP contribution is -2.63. The molecular formula is C88H142N22O28. The van der Waals surface area contributed by atoms with E-state index in [1.54, 1.807) is 55.4 Å². The molecule has 18 amide bonds. The summed E-state index contributed by atoms with van der Waals surface area (Å²) in [6.07, 6.45) is -4.63. The molecule has 1 aromatic rings. The molecule has 0 unspecified atom stereocenters. The number of rotatable bonds is 57. The van der Waals surface area contributed by atoms with E-state index in [0.29, 0.717) is 25.7 Å². The van der Waals surface area contributed by atoms with Crippen molar-refractivity contribution in [2.75, 3.05) is 32.7 Å². The molecule has 4 saturated heterocycles. The molecule has 1 aromatic heterocycles. The number of nitrogens with two attached hydrogens (primary N) is 3. The molecule has 0 bridgehead atoms. The van der Waals surface area contributed by atoms with Crippen LogP contribution in [0.3, 0.4) is 0 Å². The summed E-state index contributed by atoms with van der Waals surface area (Å²) in [5, 5.41) is 93.7. The number of aromatic amines is 1. The number of likely N-dealkylation sites (tertiary alicyclic amines) is 4. The highest BCUT2D eigenvalue weighted by atomic mass is 16.4. The van der Waals surface area contributed by atoms with Gasteiger partial charge in [0.05, 0.1) is 31.0 Å². The van der Waals surface area contributed by atoms with Gasteiger partial charge in [0.2, 0.25) is 106 Å². The summed E-state index contributed by atoms with van der Waals surface area (Å²) < 4.78 is 0. The zero-order valence-electron chi connectivity index (χ0n) is 80.2. The lowest BCUT2D eigenvalue weighted by atomic mass is 9.99. The van der Waals surface area contributed by atoms with Gasteiger partial charge in [-0.1, -0.05) is 55.4 Å². The number of carbonyl (C=O) groups is 22. The molecule has 0 aliphatic carbocycles. The first-order valence-corrected chi connectivity index (χ1v) is 46.9. The minimum atomic E-state index is -1.97. The molecule has 138 heavy (non-hydrogen) atoms. The van der Waals surface area contributed by atoms with Crippen LogP contribution in [0.5, 0.6) is 0 Å². The Morgan fingerprint density at radius 3 is 1.08 bits per heavy atom. The number of aliphatic hydroxyl groups is 2. The van der Waals surface area contributed by atoms with E-state index in [9.17, 15) is 136 Å². The Morgan fingerprint density at radius 2 is 0.703 bits per heavy atom. The Balaban J connectivity index is 1.28. The number of hydrogen-bond donors (Lipinski definition) is 23. The number of primary amides is 1. The van der Waals surface area contributed by atoms with Crippen molar-refractivity contribution in [2.24, 2.45) is 40.9 Å². The molecule has 5 heterocycles. The second-order valence-electron chi connectivity index (χ2n) is 37.3. The zero-order chi connectivity index (χ0) is 104. The number of H-pyrrole nitrogens is 1. The van der Waals surface area contributed by atoms with Crippen LogP contribution < -0.4 is 86.3 Å². The number of amides is 18. The first kappa shape index (κ1) is 116. The molecule has 50 nitrogen and oxygen atoms in total. The van der Waals surface area contributed by atoms with Gasteiger partial charge in [-0.05, 0) is 167 Å². The molecule has 26 N–H and O–H groups in total. The summed E-state index contributed by atoms with van der Waals surface area (Å²) in [7, 11) is 0. The summed E-state index contributed by atoms with van der Waals surface area (Å²) >= 11 is 0. The lowest BCUT2D eigenvalue weighted by molar-refractivity contribution is -0.145. The van der Waals surface area contributed by atoms with E-state index in [1.807, 2.05) is 0 Å². The maximum absolute atomic E-state index is 15.0. The Morgan fingerprint density at radius 1 is 0.384 bits per heavy atom. The third-order valence-electron chi connectivity index (χ3n) is 24.0. The van der Waals surface area contributed by atoms with Gasteiger partial charge in [-0.3, -0.25) is 101 Å². The monoisotopic (exact) mass is 1960 g/mol. The first-order valence-electron chi connectivity index (χ1n) is 46.9. The number of nitrogens with zero attached hydrogens (tertiary/aromatic N) is 5. The van der Waals surface area contributed by atoms with E-state index in [1.165, 1.54) is 31.3 Å². The smallest absolute Gasteiger partial charge is 0.326 e. The third kappa shape index (κ3) is 36.1. The second kappa shape index (κ2) is 55.7. The van der Waals surface area contributed by atoms with Crippen LogP contribution in [-0.4, -0.2) is 344 Å². The van der Waals surface area contributed by atoms with Gasteiger partial charge >= 0.3 is 23.9 Å². The Hall–Kier alpha value is -12.6. The molecule has 0 saturated carbocycles. The van der Waals surface area contributed by atoms with Crippen molar-refractivity contribution in [3.8, 4) is 0 Å². The van der Waals surface area contributed by atoms with Crippen LogP contribution in [0.4, 0.5) is 0 Å². The van der Waals surface area contributed by atoms with Crippen LogP contribution >= 0.6 is 0 Å². The number of carbonyl (C=O) groups excluding carboxylic acids is 18. The van der Waals surface area contributed by atoms with Crippen molar-refractivity contribution in [1.82, 2.24) is 98.7 Å². The number of carboxylic acids is 4. The number of aliphatic carboxylic acids is 4. The summed E-state index contributed by atoms with van der Waals surface area (Å²) in [5.41, 5.74) is 17.3. The zero-order valence-corrected chi connectivity index (χ0v) is 80.2. The Bertz CT molecular complexity index is 4460. The molecule has 5 rings (SSSR count). The average Bonchev–Trinajstić information content (AvgIpc) is 1.69. The maximum Gasteiger partial charge on any atom is 0.326 e. The van der Waals surface area contributed by atoms with Gasteiger partial charge in [-0.25, -0.2) is 9.78 Å². The van der Waals surface area contributed by atoms with Crippen LogP contribution in [-0.2, 0) is 112 Å². The van der Waals surface area contributed by atoms with Gasteiger partial charge < -0.3 is 142 Å². The van der Waals surface area contributed by atoms with Crippen molar-refractivity contribution >= 4 is 130 Å². The number of carboxylic acid groups (broad SMARTS) is 4. The molecule has 20 atom stereocenters. The van der Waals surface area contributed by atoms with Crippen LogP contribution in [0.1, 0.15) is 224 Å². The standard InChI is InChI=1S/C88H142N22O28/c1-42(2)35-55(75(124)104-59(39-64(90)113)87(136)109-33-17-22-62(109)78(127)99-54(88(137)138)19-13-14-30-89)101-79(128)61-21-16-32-108(61)84(133)46(9)94-71(120)51(24-27-65(114)115)98-82(131)69(48(11)111)105-76(125)57(37-44(5)6)100-74(123)56(36-43(3)4)102-83(132)70(49(12)112)106-80(129)63-23-18-34-110(63)86(135)58(38-50-40-92-41-93-50)103-73(122)52(25-28-66(116)117)96-72(121)53(26-29-67(118)119)97-77(126)60-20-15-31-107(60)85(134)47(10)95-81(130)68(91)45(7)8/h40-49,51-63,68-70,111-112H,13-39,89,91H2,1-12H3,(H2,90,113)(H,92,93)(H,94,120)(H,95,130)(H,96,121)(H,97,126)(H,98,131)(H,99,127)(H,100,123)(H,101,128)(H,102,132)(H,103,122)(H,104,124)(H,105,125)(H,106,129)(H,114,115)(H,116,117)(H,118,119)(H,137,138)/t46-,47-,48+,49+,51-,52-,53-,54-,55-,56-,57-,58-,59-,60-,61-,62-,63-,68-,69-,70-/m0/s1. The number of aliphatic hydroxyl groups excluding tert-OH is 2. The van der Waals surface area contributed by atoms with Crippen LogP contribution in [0.2, 0.25) is 0 Å². The number of aromatic nitrogens is 2. The maximum atomic E-state index is 15.0. The molecule has 0 spiro atoms. The van der Waals surface area contributed by atoms with Crippen LogP contribution in [0.15, 0.2) is 12.5 Å². The van der Waals surface area contributed by atoms with Gasteiger partial charge in [-0.2, -0.15) is 0 Å². The largest absolute Gasteiger partial charge is 0.481 e. The fourth-order valence-corrected chi connectivity index (χ4v) is 16.6. The number of imidazole rings is 1. The van der Waals surface area contributed by atoms with Crippen molar-refractivity contribution in [2.45, 2.75) is 345 Å². The second-order valence-corrected chi connectivity index (χ2v) is 37.3. The Kier molecular flexibility index (Phi) is 46.8. The normalized spacial score (nSPS) is 19.3. The Labute approximate surface area is 798 Å². The highest BCUT2D eigenvalue weighted by Gasteiger charge is 2.47. The first-order chi connectivity index (χ1) is 64.8. The highest BCUT2D eigenvalue weighted by Crippen LogP contribution is 2.26. The van der Waals surface area contributed by atoms with E-state index in [2.05, 4.69) is 79.1 Å². The van der Waals surface area contributed by atoms with Crippen molar-refractivity contribution in [1.29, 1.82) is 0 Å². The quantitative estimate of drug-likeness (QED) is 0.0270. The van der Waals surface area contributed by atoms with E-state index in [-0.39, 0.29) is 121 Å². The van der Waals surface area contributed by atoms with Crippen LogP contribution in [0.25, 0.3) is 0 Å². The summed E-state index contributed by atoms with van der Waals surface area (Å²) in [5.74, 6) is -24.6. The van der Waals surface area contributed by atoms with Gasteiger partial charge in [0.1, 0.15) is 103 Å². The molecule has 4 fully saturated rings. The predicted octanol–water partition coefficient (Wildman–Crippen LogP) is -6.17. The van der Waals surface area contributed by atoms with Crippen molar-refractivity contribution < 1.29 is 136 Å². The highest BCUT2D eigenvalue weighted by molar-refractivity contribution is 6.03. The summed E-state index contributed by atoms with van der Waals surface area (Å²) in [6.45, 7) is 18.4. The van der Waals surface area contributed by atoms with E-state index < -0.39 is 308 Å². The van der Waals surface area contributed by atoms with Crippen LogP contribution in [0, 0.1) is 23.7 Å². The number of unbranched alkanes of at least 4 members (excludes halogenated alkanes) is 1. The van der Waals surface area contributed by atoms with Gasteiger partial charge in [0.25, 0.3) is 0 Å². The van der Waals surface area contributed by atoms with E-state index >= 15 is 0 Å². The van der Waals surface area contributed by atoms with Gasteiger partial charge in [-0.15, -0.1) is 0 Å². The molecule has 0 radical (unpaired) electrons. The molecule has 4 aliphatic heterocycles. The van der Waals surface area contributed by atoms with E-state index in [4.69, 9.17) is 17.2 Å². The summed E-state index contributed by atoms with van der Waals surface area (Å²) in [4.78, 5) is 314. The number of hydrogen-bond acceptors (Lipinski definition) is 27. The van der Waals surface area contributed by atoms with Gasteiger partial charge in [0, 0.05) is 63.8 Å². The average molecular weight is 1960 g/mol. The molecule has 4 aliphatic rings. The fraction of sp³-hybridized carbons (Fsp3) is 0.716.